The summed E-state index contributed by atoms with van der Waals surface area (Å²) >= 11 is 0. The molecule has 0 aliphatic rings. The third-order valence-electron chi connectivity index (χ3n) is 1.77. The van der Waals surface area contributed by atoms with Crippen molar-refractivity contribution in [1.82, 2.24) is 4.98 Å². The Balaban J connectivity index is 3.10. The van der Waals surface area contributed by atoms with Crippen LogP contribution in [0.15, 0.2) is 41.5 Å². The summed E-state index contributed by atoms with van der Waals surface area (Å²) in [7, 11) is 0. The van der Waals surface area contributed by atoms with Gasteiger partial charge in [0, 0.05) is 6.07 Å². The van der Waals surface area contributed by atoms with Crippen LogP contribution in [0.2, 0.25) is 0 Å². The van der Waals surface area contributed by atoms with Gasteiger partial charge in [-0.1, -0.05) is 12.1 Å². The van der Waals surface area contributed by atoms with E-state index in [4.69, 9.17) is 0 Å². The van der Waals surface area contributed by atoms with Gasteiger partial charge in [-0.15, -0.1) is 0 Å². The van der Waals surface area contributed by atoms with Crippen molar-refractivity contribution >= 4 is 10.9 Å². The number of hydrogen-bond donors (Lipinski definition) is 0. The molecule has 1 heterocycles. The Morgan fingerprint density at radius 2 is 2.08 bits per heavy atom. The Kier molecular flexibility index (Phi) is 1.66. The van der Waals surface area contributed by atoms with Crippen molar-refractivity contribution < 1.29 is 4.73 Å². The van der Waals surface area contributed by atoms with E-state index in [0.29, 0.717) is 15.6 Å². The van der Waals surface area contributed by atoms with Crippen LogP contribution < -0.4 is 10.3 Å². The summed E-state index contributed by atoms with van der Waals surface area (Å²) in [5.41, 5.74) is -0.0461. The maximum absolute atomic E-state index is 11.3. The summed E-state index contributed by atoms with van der Waals surface area (Å²) in [4.78, 5) is 14.8. The zero-order valence-corrected chi connectivity index (χ0v) is 6.68. The molecule has 1 aromatic carbocycles. The van der Waals surface area contributed by atoms with E-state index in [9.17, 15) is 10.0 Å². The van der Waals surface area contributed by atoms with E-state index in [2.05, 4.69) is 4.98 Å². The van der Waals surface area contributed by atoms with Crippen LogP contribution in [-0.4, -0.2) is 4.98 Å². The van der Waals surface area contributed by atoms with E-state index < -0.39 is 0 Å². The van der Waals surface area contributed by atoms with Crippen LogP contribution in [0.5, 0.6) is 0 Å². The van der Waals surface area contributed by atoms with E-state index in [1.807, 2.05) is 0 Å². The molecule has 0 aliphatic carbocycles. The van der Waals surface area contributed by atoms with Gasteiger partial charge >= 0.3 is 0 Å². The minimum atomic E-state index is -0.384. The Labute approximate surface area is 73.7 Å². The van der Waals surface area contributed by atoms with Crippen LogP contribution >= 0.6 is 0 Å². The molecule has 0 fully saturated rings. The fourth-order valence-corrected chi connectivity index (χ4v) is 1.16. The molecule has 1 aromatic heterocycles. The Morgan fingerprint density at radius 1 is 1.31 bits per heavy atom. The van der Waals surface area contributed by atoms with E-state index in [-0.39, 0.29) is 5.56 Å². The quantitative estimate of drug-likeness (QED) is 0.424. The SMILES string of the molecule is O=c1ncc[n+]([O-])c2ccccc12. The predicted molar refractivity (Wildman–Crippen MR) is 47.0 cm³/mol. The van der Waals surface area contributed by atoms with Gasteiger partial charge in [-0.2, -0.15) is 4.73 Å². The van der Waals surface area contributed by atoms with Gasteiger partial charge in [0.25, 0.3) is 5.56 Å². The number of fused-ring (bicyclic) bond motifs is 1. The normalized spacial score (nSPS) is 10.2. The number of rotatable bonds is 0. The zero-order valence-electron chi connectivity index (χ0n) is 6.68. The molecule has 0 aliphatic heterocycles. The minimum absolute atomic E-state index is 0.336. The highest BCUT2D eigenvalue weighted by molar-refractivity contribution is 5.73. The minimum Gasteiger partial charge on any atom is -0.618 e. The van der Waals surface area contributed by atoms with Crippen LogP contribution in [-0.2, 0) is 0 Å². The topological polar surface area (TPSA) is 56.9 Å². The summed E-state index contributed by atoms with van der Waals surface area (Å²) in [6.45, 7) is 0. The first-order valence-corrected chi connectivity index (χ1v) is 3.76. The molecular formula is C9H6N2O2. The first-order chi connectivity index (χ1) is 6.29. The van der Waals surface area contributed by atoms with Gasteiger partial charge < -0.3 is 5.21 Å². The van der Waals surface area contributed by atoms with Crippen LogP contribution in [0.25, 0.3) is 10.9 Å². The molecule has 0 saturated heterocycles. The third kappa shape index (κ3) is 1.22. The summed E-state index contributed by atoms with van der Waals surface area (Å²) in [5.74, 6) is 0. The van der Waals surface area contributed by atoms with E-state index in [1.165, 1.54) is 12.4 Å². The second-order valence-corrected chi connectivity index (χ2v) is 2.58. The molecular weight excluding hydrogens is 168 g/mol. The molecule has 0 saturated carbocycles. The molecule has 0 amide bonds. The number of para-hydroxylation sites is 1. The zero-order chi connectivity index (χ0) is 9.26. The molecule has 64 valence electrons. The van der Waals surface area contributed by atoms with Crippen molar-refractivity contribution in [1.29, 1.82) is 0 Å². The molecule has 2 rings (SSSR count). The van der Waals surface area contributed by atoms with Crippen molar-refractivity contribution in [3.05, 3.63) is 52.2 Å². The lowest BCUT2D eigenvalue weighted by molar-refractivity contribution is -0.576. The van der Waals surface area contributed by atoms with Crippen molar-refractivity contribution in [2.75, 3.05) is 0 Å². The largest absolute Gasteiger partial charge is 0.618 e. The Morgan fingerprint density at radius 3 is 2.92 bits per heavy atom. The fourth-order valence-electron chi connectivity index (χ4n) is 1.16. The first-order valence-electron chi connectivity index (χ1n) is 3.76. The van der Waals surface area contributed by atoms with Crippen molar-refractivity contribution in [2.24, 2.45) is 0 Å². The lowest BCUT2D eigenvalue weighted by Crippen LogP contribution is -2.24. The molecule has 4 heteroatoms. The molecule has 0 N–H and O–H groups in total. The molecule has 0 radical (unpaired) electrons. The monoisotopic (exact) mass is 174 g/mol. The standard InChI is InChI=1S/C9H6N2O2/c12-9-7-3-1-2-4-8(7)11(13)6-5-10-9/h1-6H. The van der Waals surface area contributed by atoms with Crippen molar-refractivity contribution in [2.45, 2.75) is 0 Å². The molecule has 0 atom stereocenters. The smallest absolute Gasteiger partial charge is 0.283 e. The second kappa shape index (κ2) is 2.82. The fraction of sp³-hybridized carbons (Fsp3) is 0. The lowest BCUT2D eigenvalue weighted by atomic mass is 10.2. The average Bonchev–Trinajstić information content (AvgIpc) is 2.29. The van der Waals surface area contributed by atoms with Gasteiger partial charge in [0.2, 0.25) is 5.52 Å². The Hall–Kier alpha value is -1.97. The highest BCUT2D eigenvalue weighted by Crippen LogP contribution is 2.00. The molecule has 2 aromatic rings. The van der Waals surface area contributed by atoms with Crippen LogP contribution in [0.4, 0.5) is 0 Å². The first kappa shape index (κ1) is 7.67. The summed E-state index contributed by atoms with van der Waals surface area (Å²) < 4.78 is 0.629. The summed E-state index contributed by atoms with van der Waals surface area (Å²) in [6, 6.07) is 6.58. The number of aromatic nitrogens is 2. The van der Waals surface area contributed by atoms with Gasteiger partial charge in [0.1, 0.15) is 5.39 Å². The second-order valence-electron chi connectivity index (χ2n) is 2.58. The average molecular weight is 174 g/mol. The van der Waals surface area contributed by atoms with Gasteiger partial charge in [0.05, 0.1) is 6.20 Å². The highest BCUT2D eigenvalue weighted by atomic mass is 16.5. The van der Waals surface area contributed by atoms with Crippen LogP contribution in [0.3, 0.4) is 0 Å². The van der Waals surface area contributed by atoms with Crippen molar-refractivity contribution in [3.8, 4) is 0 Å². The van der Waals surface area contributed by atoms with Crippen molar-refractivity contribution in [3.63, 3.8) is 0 Å². The predicted octanol–water partition coefficient (Wildman–Crippen LogP) is 0.228. The molecule has 0 unspecified atom stereocenters. The highest BCUT2D eigenvalue weighted by Gasteiger charge is 2.02. The number of hydrogen-bond acceptors (Lipinski definition) is 3. The van der Waals surface area contributed by atoms with Gasteiger partial charge in [-0.25, -0.2) is 4.98 Å². The van der Waals surface area contributed by atoms with Crippen LogP contribution in [0.1, 0.15) is 0 Å². The van der Waals surface area contributed by atoms with Crippen LogP contribution in [0, 0.1) is 5.21 Å². The maximum Gasteiger partial charge on any atom is 0.283 e. The Bertz CT molecular complexity index is 511. The van der Waals surface area contributed by atoms with E-state index in [0.717, 1.165) is 0 Å². The van der Waals surface area contributed by atoms with Gasteiger partial charge in [-0.3, -0.25) is 4.79 Å². The third-order valence-corrected chi connectivity index (χ3v) is 1.77. The van der Waals surface area contributed by atoms with Gasteiger partial charge in [0.15, 0.2) is 6.20 Å². The number of nitrogens with zero attached hydrogens (tertiary/aromatic N) is 2. The van der Waals surface area contributed by atoms with Gasteiger partial charge in [-0.05, 0) is 6.07 Å². The summed E-state index contributed by atoms with van der Waals surface area (Å²) in [6.07, 6.45) is 2.42. The molecule has 13 heavy (non-hydrogen) atoms. The molecule has 4 nitrogen and oxygen atoms in total. The maximum atomic E-state index is 11.3. The lowest BCUT2D eigenvalue weighted by Gasteiger charge is -1.93. The summed E-state index contributed by atoms with van der Waals surface area (Å²) in [5, 5.41) is 11.6. The number of benzene rings is 1. The molecule has 0 spiro atoms. The van der Waals surface area contributed by atoms with E-state index in [1.54, 1.807) is 24.3 Å². The molecule has 0 bridgehead atoms. The van der Waals surface area contributed by atoms with E-state index >= 15 is 0 Å².